The van der Waals surface area contributed by atoms with Crippen molar-refractivity contribution in [2.75, 3.05) is 44.7 Å². The first-order valence-electron chi connectivity index (χ1n) is 15.4. The Morgan fingerprint density at radius 1 is 0.909 bits per heavy atom. The van der Waals surface area contributed by atoms with Crippen molar-refractivity contribution in [3.63, 3.8) is 0 Å². The monoisotopic (exact) mass is 608 g/mol. The number of nitrogens with two attached hydrogens (primary N) is 1. The van der Waals surface area contributed by atoms with Crippen LogP contribution in [0, 0.1) is 18.6 Å². The van der Waals surface area contributed by atoms with Gasteiger partial charge in [-0.05, 0) is 92.7 Å². The number of amides is 1. The molecule has 0 spiro atoms. The van der Waals surface area contributed by atoms with Crippen LogP contribution in [0.25, 0.3) is 0 Å². The minimum atomic E-state index is -0.794. The van der Waals surface area contributed by atoms with Crippen LogP contribution in [-0.4, -0.2) is 68.7 Å². The van der Waals surface area contributed by atoms with Gasteiger partial charge in [-0.2, -0.15) is 0 Å². The topological polar surface area (TPSA) is 87.9 Å². The maximum Gasteiger partial charge on any atom is 0.338 e. The molecule has 0 fully saturated rings. The molecular weight excluding hydrogens is 562 g/mol. The quantitative estimate of drug-likeness (QED) is 0.150. The van der Waals surface area contributed by atoms with Gasteiger partial charge in [-0.15, -0.1) is 0 Å². The van der Waals surface area contributed by atoms with Crippen LogP contribution in [0.5, 0.6) is 0 Å². The molecule has 0 bridgehead atoms. The second-order valence-corrected chi connectivity index (χ2v) is 11.3. The highest BCUT2D eigenvalue weighted by molar-refractivity contribution is 5.98. The third-order valence-electron chi connectivity index (χ3n) is 7.35. The van der Waals surface area contributed by atoms with Gasteiger partial charge in [-0.3, -0.25) is 4.79 Å². The minimum absolute atomic E-state index is 0.103. The Balaban J connectivity index is 1.72. The number of rotatable bonds is 17. The fourth-order valence-electron chi connectivity index (χ4n) is 5.18. The summed E-state index contributed by atoms with van der Waals surface area (Å²) < 4.78 is 33.7. The van der Waals surface area contributed by atoms with Crippen molar-refractivity contribution in [1.29, 1.82) is 0 Å². The van der Waals surface area contributed by atoms with Gasteiger partial charge < -0.3 is 25.6 Å². The lowest BCUT2D eigenvalue weighted by Gasteiger charge is -2.26. The largest absolute Gasteiger partial charge is 0.456 e. The fraction of sp³-hybridized carbons (Fsp3) is 0.429. The van der Waals surface area contributed by atoms with Crippen LogP contribution in [0.3, 0.4) is 0 Å². The minimum Gasteiger partial charge on any atom is -0.456 e. The molecule has 0 aliphatic carbocycles. The van der Waals surface area contributed by atoms with Crippen LogP contribution >= 0.6 is 0 Å². The summed E-state index contributed by atoms with van der Waals surface area (Å²) in [7, 11) is 2.03. The summed E-state index contributed by atoms with van der Waals surface area (Å²) in [5, 5.41) is 3.33. The van der Waals surface area contributed by atoms with E-state index in [1.807, 2.05) is 58.2 Å². The summed E-state index contributed by atoms with van der Waals surface area (Å²) in [5.74, 6) is -2.14. The van der Waals surface area contributed by atoms with E-state index in [4.69, 9.17) is 10.5 Å². The van der Waals surface area contributed by atoms with E-state index in [0.717, 1.165) is 43.1 Å². The van der Waals surface area contributed by atoms with Crippen molar-refractivity contribution in [3.05, 3.63) is 101 Å². The second-order valence-electron chi connectivity index (χ2n) is 11.3. The number of hydrogen-bond acceptors (Lipinski definition) is 6. The summed E-state index contributed by atoms with van der Waals surface area (Å²) in [4.78, 5) is 30.7. The highest BCUT2D eigenvalue weighted by Gasteiger charge is 2.25. The summed E-state index contributed by atoms with van der Waals surface area (Å²) in [6, 6.07) is 17.6. The average Bonchev–Trinajstić information content (AvgIpc) is 2.99. The van der Waals surface area contributed by atoms with Gasteiger partial charge in [0.1, 0.15) is 17.7 Å². The number of hydrogen-bond donors (Lipinski definition) is 2. The van der Waals surface area contributed by atoms with Gasteiger partial charge in [0.05, 0.1) is 5.56 Å². The number of halogens is 2. The van der Waals surface area contributed by atoms with Crippen LogP contribution in [-0.2, 0) is 11.2 Å². The highest BCUT2D eigenvalue weighted by Crippen LogP contribution is 2.17. The first kappa shape index (κ1) is 34.7. The van der Waals surface area contributed by atoms with E-state index >= 15 is 0 Å². The van der Waals surface area contributed by atoms with Crippen molar-refractivity contribution in [2.24, 2.45) is 5.73 Å². The molecule has 238 valence electrons. The SMILES string of the molecule is CCCN(CCC)C(=O)c1cc(C)cc(C(=O)O[C@H](CNCCCN(C)c2ccccc2)[C@@H](N)Cc2cc(F)cc(F)c2)c1. The third-order valence-corrected chi connectivity index (χ3v) is 7.35. The Bertz CT molecular complexity index is 1330. The van der Waals surface area contributed by atoms with Crippen molar-refractivity contribution in [3.8, 4) is 0 Å². The summed E-state index contributed by atoms with van der Waals surface area (Å²) in [6.45, 7) is 8.82. The van der Waals surface area contributed by atoms with Gasteiger partial charge in [0, 0.05) is 56.6 Å². The molecule has 44 heavy (non-hydrogen) atoms. The zero-order chi connectivity index (χ0) is 32.1. The average molecular weight is 609 g/mol. The Labute approximate surface area is 260 Å². The number of aryl methyl sites for hydroxylation is 1. The third kappa shape index (κ3) is 10.7. The molecule has 0 saturated heterocycles. The predicted octanol–water partition coefficient (Wildman–Crippen LogP) is 5.75. The molecule has 3 N–H and O–H groups in total. The van der Waals surface area contributed by atoms with Gasteiger partial charge in [0.25, 0.3) is 5.91 Å². The van der Waals surface area contributed by atoms with Gasteiger partial charge in [-0.25, -0.2) is 13.6 Å². The molecule has 3 aromatic rings. The number of esters is 1. The fourth-order valence-corrected chi connectivity index (χ4v) is 5.18. The van der Waals surface area contributed by atoms with Crippen molar-refractivity contribution >= 4 is 17.6 Å². The summed E-state index contributed by atoms with van der Waals surface area (Å²) in [6.07, 6.45) is 1.79. The number of para-hydroxylation sites is 1. The van der Waals surface area contributed by atoms with Crippen molar-refractivity contribution in [1.82, 2.24) is 10.2 Å². The van der Waals surface area contributed by atoms with Gasteiger partial charge in [-0.1, -0.05) is 32.0 Å². The molecule has 0 radical (unpaired) electrons. The van der Waals surface area contributed by atoms with Crippen LogP contribution in [0.4, 0.5) is 14.5 Å². The molecule has 1 amide bonds. The lowest BCUT2D eigenvalue weighted by molar-refractivity contribution is 0.0239. The van der Waals surface area contributed by atoms with Crippen molar-refractivity contribution in [2.45, 2.75) is 58.6 Å². The Hall–Kier alpha value is -3.82. The molecule has 0 heterocycles. The number of benzene rings is 3. The molecule has 0 aromatic heterocycles. The van der Waals surface area contributed by atoms with E-state index in [1.54, 1.807) is 23.1 Å². The van der Waals surface area contributed by atoms with E-state index in [-0.39, 0.29) is 24.4 Å². The van der Waals surface area contributed by atoms with Crippen LogP contribution in [0.1, 0.15) is 65.0 Å². The number of carbonyl (C=O) groups is 2. The standard InChI is InChI=1S/C35H46F2N4O3/c1-5-14-41(15-6-2)34(42)27-17-25(3)18-28(22-27)35(43)44-33(32(38)21-26-19-29(36)23-30(37)20-26)24-39-13-10-16-40(4)31-11-8-7-9-12-31/h7-9,11-12,17-20,22-23,32-33,39H,5-6,10,13-16,21,24,38H2,1-4H3/t32-,33+/m0/s1. The Morgan fingerprint density at radius 3 is 2.18 bits per heavy atom. The first-order chi connectivity index (χ1) is 21.1. The number of anilines is 1. The number of ether oxygens (including phenoxy) is 1. The predicted molar refractivity (Wildman–Crippen MR) is 172 cm³/mol. The lowest BCUT2D eigenvalue weighted by Crippen LogP contribution is -2.46. The van der Waals surface area contributed by atoms with Crippen LogP contribution in [0.2, 0.25) is 0 Å². The van der Waals surface area contributed by atoms with E-state index < -0.39 is 29.7 Å². The molecule has 0 aliphatic heterocycles. The highest BCUT2D eigenvalue weighted by atomic mass is 19.1. The number of carbonyl (C=O) groups excluding carboxylic acids is 2. The van der Waals surface area contributed by atoms with E-state index in [9.17, 15) is 18.4 Å². The summed E-state index contributed by atoms with van der Waals surface area (Å²) >= 11 is 0. The first-order valence-corrected chi connectivity index (χ1v) is 15.4. The molecule has 9 heteroatoms. The molecule has 0 aliphatic rings. The molecule has 2 atom stereocenters. The maximum atomic E-state index is 13.9. The van der Waals surface area contributed by atoms with E-state index in [0.29, 0.717) is 30.8 Å². The van der Waals surface area contributed by atoms with Gasteiger partial charge >= 0.3 is 5.97 Å². The van der Waals surface area contributed by atoms with Crippen LogP contribution < -0.4 is 16.0 Å². The van der Waals surface area contributed by atoms with Crippen LogP contribution in [0.15, 0.2) is 66.7 Å². The van der Waals surface area contributed by atoms with E-state index in [2.05, 4.69) is 10.2 Å². The maximum absolute atomic E-state index is 13.9. The molecule has 0 unspecified atom stereocenters. The molecular formula is C35H46F2N4O3. The number of nitrogens with zero attached hydrogens (tertiary/aromatic N) is 2. The lowest BCUT2D eigenvalue weighted by atomic mass is 10.0. The molecule has 3 rings (SSSR count). The number of nitrogens with one attached hydrogen (secondary N) is 1. The second kappa shape index (κ2) is 17.5. The zero-order valence-electron chi connectivity index (χ0n) is 26.3. The normalized spacial score (nSPS) is 12.4. The van der Waals surface area contributed by atoms with Gasteiger partial charge in [0.2, 0.25) is 0 Å². The Kier molecular flexibility index (Phi) is 13.8. The van der Waals surface area contributed by atoms with Gasteiger partial charge in [0.15, 0.2) is 0 Å². The van der Waals surface area contributed by atoms with Crippen molar-refractivity contribution < 1.29 is 23.1 Å². The smallest absolute Gasteiger partial charge is 0.338 e. The summed E-state index contributed by atoms with van der Waals surface area (Å²) in [5.41, 5.74) is 9.42. The van der Waals surface area contributed by atoms with E-state index in [1.165, 1.54) is 12.1 Å². The molecule has 0 saturated carbocycles. The zero-order valence-corrected chi connectivity index (χ0v) is 26.3. The molecule has 3 aromatic carbocycles. The Morgan fingerprint density at radius 2 is 1.55 bits per heavy atom. The molecule has 7 nitrogen and oxygen atoms in total.